The zero-order valence-electron chi connectivity index (χ0n) is 50.4. The number of hydrogen-bond donors (Lipinski definition) is 9. The van der Waals surface area contributed by atoms with Gasteiger partial charge in [-0.3, -0.25) is 9.59 Å². The summed E-state index contributed by atoms with van der Waals surface area (Å²) >= 11 is 0. The lowest BCUT2D eigenvalue weighted by molar-refractivity contribution is -0.145. The van der Waals surface area contributed by atoms with Gasteiger partial charge in [0, 0.05) is 44.7 Å². The van der Waals surface area contributed by atoms with Crippen molar-refractivity contribution in [3.63, 3.8) is 0 Å². The lowest BCUT2D eigenvalue weighted by Gasteiger charge is -2.21. The first-order valence-corrected chi connectivity index (χ1v) is 35.8. The number of fused-ring (bicyclic) bond motifs is 2. The van der Waals surface area contributed by atoms with Crippen molar-refractivity contribution in [1.29, 1.82) is 0 Å². The normalized spacial score (nSPS) is 13.3. The molecule has 0 radical (unpaired) electrons. The van der Waals surface area contributed by atoms with E-state index in [1.807, 2.05) is 23.9 Å². The van der Waals surface area contributed by atoms with Gasteiger partial charge in [-0.25, -0.2) is 38.7 Å². The second-order valence-corrected chi connectivity index (χ2v) is 31.6. The molecule has 90 heavy (non-hydrogen) atoms. The maximum absolute atomic E-state index is 13.3. The molecule has 8 aromatic rings. The second kappa shape index (κ2) is 31.2. The summed E-state index contributed by atoms with van der Waals surface area (Å²) in [5, 5.41) is 14.9. The van der Waals surface area contributed by atoms with Crippen LogP contribution in [-0.4, -0.2) is 132 Å². The number of nitrogens with one attached hydrogen (secondary N) is 2. The number of nitrogens with two attached hydrogens (primary N) is 4. The number of esters is 1. The minimum Gasteiger partial charge on any atom is -0.480 e. The quantitative estimate of drug-likeness (QED) is 0.00949. The SMILES string of the molecule is CN(Cc1cnc2nc(N)nc(N)c2n1)c1ccc(C(=O)N[C@@H](CCCCP(=O)(O)Oc2ccccc2)C(=O)O)cc1.CN(Cc1cnc2nc(N)nc(N)c2n1)c1ccc(C(=O)N[C@@H](CCCCP(=O)(O)Oc2ccccc2)C(=O)OCC[Si](C)(C)C)cc1. The number of aromatic nitrogens is 8. The van der Waals surface area contributed by atoms with Crippen LogP contribution in [0.4, 0.5) is 34.9 Å². The van der Waals surface area contributed by atoms with Crippen molar-refractivity contribution in [1.82, 2.24) is 50.5 Å². The number of carbonyl (C=O) groups is 4. The molecule has 4 aromatic heterocycles. The van der Waals surface area contributed by atoms with Gasteiger partial charge in [0.2, 0.25) is 11.9 Å². The zero-order chi connectivity index (χ0) is 65.2. The number of hydrogen-bond acceptors (Lipinski definition) is 23. The number of carboxylic acids is 1. The predicted molar refractivity (Wildman–Crippen MR) is 345 cm³/mol. The Morgan fingerprint density at radius 2 is 0.967 bits per heavy atom. The zero-order valence-corrected chi connectivity index (χ0v) is 53.2. The molecule has 2 unspecified atom stereocenters. The number of carbonyl (C=O) groups excluding carboxylic acids is 3. The molecule has 13 N–H and O–H groups in total. The van der Waals surface area contributed by atoms with Crippen molar-refractivity contribution in [2.24, 2.45) is 0 Å². The molecule has 0 fully saturated rings. The topological polar surface area (TPSA) is 429 Å². The van der Waals surface area contributed by atoms with E-state index in [-0.39, 0.29) is 73.0 Å². The fourth-order valence-electron chi connectivity index (χ4n) is 8.77. The van der Waals surface area contributed by atoms with Crippen LogP contribution in [0.15, 0.2) is 122 Å². The van der Waals surface area contributed by atoms with Crippen LogP contribution < -0.4 is 52.4 Å². The van der Waals surface area contributed by atoms with E-state index in [0.717, 1.165) is 17.4 Å². The molecule has 31 heteroatoms. The Hall–Kier alpha value is -9.40. The van der Waals surface area contributed by atoms with Gasteiger partial charge in [-0.15, -0.1) is 0 Å². The molecule has 0 spiro atoms. The Morgan fingerprint density at radius 1 is 0.567 bits per heavy atom. The average molecular weight is 1290 g/mol. The Kier molecular flexibility index (Phi) is 23.6. The number of aliphatic carboxylic acids is 1. The minimum absolute atomic E-state index is 0.0146. The molecule has 0 aliphatic rings. The van der Waals surface area contributed by atoms with Crippen LogP contribution in [0.5, 0.6) is 11.5 Å². The summed E-state index contributed by atoms with van der Waals surface area (Å²) in [6.45, 7) is 7.58. The Balaban J connectivity index is 0.000000258. The first-order valence-electron chi connectivity index (χ1n) is 28.6. The molecular formula is C59H74N16O12P2Si. The van der Waals surface area contributed by atoms with Crippen LogP contribution >= 0.6 is 15.2 Å². The summed E-state index contributed by atoms with van der Waals surface area (Å²) in [6, 6.07) is 29.0. The highest BCUT2D eigenvalue weighted by Gasteiger charge is 2.27. The first-order chi connectivity index (χ1) is 42.7. The van der Waals surface area contributed by atoms with Crippen molar-refractivity contribution in [3.05, 3.63) is 144 Å². The van der Waals surface area contributed by atoms with Gasteiger partial charge in [0.1, 0.15) is 23.6 Å². The molecule has 28 nitrogen and oxygen atoms in total. The van der Waals surface area contributed by atoms with E-state index in [9.17, 15) is 43.2 Å². The van der Waals surface area contributed by atoms with Gasteiger partial charge in [0.25, 0.3) is 11.8 Å². The number of nitrogen functional groups attached to an aromatic ring is 4. The molecule has 476 valence electrons. The van der Waals surface area contributed by atoms with E-state index in [4.69, 9.17) is 36.7 Å². The van der Waals surface area contributed by atoms with Crippen molar-refractivity contribution in [2.45, 2.75) is 89.4 Å². The third-order valence-electron chi connectivity index (χ3n) is 13.6. The summed E-state index contributed by atoms with van der Waals surface area (Å²) in [4.78, 5) is 108. The maximum atomic E-state index is 13.3. The van der Waals surface area contributed by atoms with Gasteiger partial charge >= 0.3 is 27.1 Å². The highest BCUT2D eigenvalue weighted by molar-refractivity contribution is 7.53. The fraction of sp³-hybridized carbons (Fsp3) is 0.322. The molecule has 2 amide bonds. The molecule has 4 aromatic carbocycles. The molecule has 0 saturated carbocycles. The third-order valence-corrected chi connectivity index (χ3v) is 18.0. The highest BCUT2D eigenvalue weighted by Crippen LogP contribution is 2.44. The smallest absolute Gasteiger partial charge is 0.376 e. The number of ether oxygens (including phenoxy) is 1. The number of amides is 2. The summed E-state index contributed by atoms with van der Waals surface area (Å²) in [6.07, 6.45) is 4.48. The third kappa shape index (κ3) is 21.1. The number of benzene rings is 4. The molecule has 0 aliphatic carbocycles. The van der Waals surface area contributed by atoms with Gasteiger partial charge in [0.05, 0.1) is 55.8 Å². The Morgan fingerprint density at radius 3 is 1.37 bits per heavy atom. The van der Waals surface area contributed by atoms with Gasteiger partial charge in [-0.2, -0.15) is 19.9 Å². The molecule has 0 saturated heterocycles. The van der Waals surface area contributed by atoms with Crippen molar-refractivity contribution in [2.75, 3.05) is 65.8 Å². The molecule has 4 atom stereocenters. The lowest BCUT2D eigenvalue weighted by Crippen LogP contribution is -2.42. The van der Waals surface area contributed by atoms with Crippen LogP contribution in [0.25, 0.3) is 22.3 Å². The van der Waals surface area contributed by atoms with Crippen LogP contribution in [0.2, 0.25) is 25.7 Å². The molecule has 8 rings (SSSR count). The van der Waals surface area contributed by atoms with Crippen LogP contribution in [0.3, 0.4) is 0 Å². The van der Waals surface area contributed by atoms with Crippen molar-refractivity contribution in [3.8, 4) is 11.5 Å². The summed E-state index contributed by atoms with van der Waals surface area (Å²) in [7, 11) is -5.52. The summed E-state index contributed by atoms with van der Waals surface area (Å²) in [5.41, 5.74) is 27.9. The van der Waals surface area contributed by atoms with E-state index >= 15 is 0 Å². The molecule has 4 heterocycles. The summed E-state index contributed by atoms with van der Waals surface area (Å²) in [5.74, 6) is -1.80. The number of carboxylic acid groups (broad SMARTS) is 1. The monoisotopic (exact) mass is 1290 g/mol. The van der Waals surface area contributed by atoms with Crippen LogP contribution in [0, 0.1) is 0 Å². The highest BCUT2D eigenvalue weighted by atomic mass is 31.2. The number of nitrogens with zero attached hydrogens (tertiary/aromatic N) is 10. The number of unbranched alkanes of at least 4 members (excludes halogenated alkanes) is 2. The minimum atomic E-state index is -3.89. The van der Waals surface area contributed by atoms with Crippen molar-refractivity contribution >= 4 is 104 Å². The van der Waals surface area contributed by atoms with Gasteiger partial charge in [-0.1, -0.05) is 68.9 Å². The Labute approximate surface area is 520 Å². The van der Waals surface area contributed by atoms with E-state index < -0.39 is 59.1 Å². The second-order valence-electron chi connectivity index (χ2n) is 22.2. The van der Waals surface area contributed by atoms with Gasteiger partial charge < -0.3 is 72.0 Å². The first kappa shape index (κ1) is 68.1. The van der Waals surface area contributed by atoms with Crippen molar-refractivity contribution < 1.29 is 57.0 Å². The van der Waals surface area contributed by atoms with Gasteiger partial charge in [-0.05, 0) is 105 Å². The predicted octanol–water partition coefficient (Wildman–Crippen LogP) is 7.47. The Bertz CT molecular complexity index is 3860. The number of para-hydroxylation sites is 2. The summed E-state index contributed by atoms with van der Waals surface area (Å²) < 4.78 is 40.9. The largest absolute Gasteiger partial charge is 0.480 e. The van der Waals surface area contributed by atoms with E-state index in [1.165, 1.54) is 0 Å². The average Bonchev–Trinajstić information content (AvgIpc) is 1.24. The van der Waals surface area contributed by atoms with E-state index in [1.54, 1.807) is 122 Å². The molecule has 0 aliphatic heterocycles. The van der Waals surface area contributed by atoms with E-state index in [0.29, 0.717) is 77.4 Å². The fourth-order valence-corrected chi connectivity index (χ4v) is 11.8. The van der Waals surface area contributed by atoms with Gasteiger partial charge in [0.15, 0.2) is 34.0 Å². The lowest BCUT2D eigenvalue weighted by atomic mass is 10.1. The van der Waals surface area contributed by atoms with E-state index in [2.05, 4.69) is 70.1 Å². The van der Waals surface area contributed by atoms with Crippen LogP contribution in [-0.2, 0) is 36.5 Å². The number of anilines is 6. The standard InChI is InChI=1S/C32H43N8O6PSi.C27H31N8O6P/c1-40(21-23-20-35-29-27(36-23)28(33)38-32(34)39-29)24-15-13-22(14-16-24)30(41)37-26(31(42)45-17-19-48(2,3)4)12-8-9-18-47(43,44)46-25-10-6-5-7-11-25;1-35(16-18-15-30-24-22(31-18)23(28)33-27(29)34-24)19-12-10-17(11-13-19)25(36)32-21(26(37)38)9-5-6-14-42(39,40)41-20-7-3-2-4-8-20/h5-7,10-11,13-16,20,26H,8-9,12,17-19,21H2,1-4H3,(H,37,41)(H,43,44)(H4,33,34,35,38,39);2-4,7-8,10-13,15,21H,5-6,9,14,16H2,1H3,(H,32,36)(H,37,38)(H,39,40)(H4,28,29,30,33,34)/t26-;21-/m00/s1. The maximum Gasteiger partial charge on any atom is 0.376 e. The number of rotatable bonds is 29. The molecule has 0 bridgehead atoms. The van der Waals surface area contributed by atoms with Crippen LogP contribution in [0.1, 0.15) is 70.6 Å². The molecular weight excluding hydrogens is 1210 g/mol.